The van der Waals surface area contributed by atoms with Crippen molar-refractivity contribution in [2.75, 3.05) is 0 Å². The smallest absolute Gasteiger partial charge is 0.170 e. The third-order valence-electron chi connectivity index (χ3n) is 4.26. The largest absolute Gasteiger partial charge is 0.455 e. The lowest BCUT2D eigenvalue weighted by Crippen LogP contribution is -2.29. The van der Waals surface area contributed by atoms with Crippen LogP contribution in [0.15, 0.2) is 28.7 Å². The normalized spacial score (nSPS) is 20.1. The number of fused-ring (bicyclic) bond motifs is 1. The molecule has 0 spiro atoms. The van der Waals surface area contributed by atoms with Gasteiger partial charge in [0.05, 0.1) is 6.10 Å². The molecule has 0 radical (unpaired) electrons. The van der Waals surface area contributed by atoms with Gasteiger partial charge in [-0.15, -0.1) is 0 Å². The highest BCUT2D eigenvalue weighted by Gasteiger charge is 2.30. The summed E-state index contributed by atoms with van der Waals surface area (Å²) in [5.74, 6) is -0.118. The van der Waals surface area contributed by atoms with Crippen molar-refractivity contribution >= 4 is 11.0 Å². The number of hydrogen-bond acceptors (Lipinski definition) is 3. The van der Waals surface area contributed by atoms with Gasteiger partial charge < -0.3 is 14.6 Å². The second-order valence-electron chi connectivity index (χ2n) is 5.64. The SMILES string of the molecule is OC(c1cc2cccc(F)c2o1)C(O)C1CCCCC1. The van der Waals surface area contributed by atoms with E-state index >= 15 is 0 Å². The topological polar surface area (TPSA) is 53.6 Å². The molecule has 2 unspecified atom stereocenters. The first-order valence-electron chi connectivity index (χ1n) is 7.21. The predicted octanol–water partition coefficient (Wildman–Crippen LogP) is 3.55. The zero-order valence-corrected chi connectivity index (χ0v) is 11.3. The van der Waals surface area contributed by atoms with E-state index in [0.717, 1.165) is 25.7 Å². The minimum Gasteiger partial charge on any atom is -0.455 e. The predicted molar refractivity (Wildman–Crippen MR) is 73.7 cm³/mol. The number of para-hydroxylation sites is 1. The Hall–Kier alpha value is -1.39. The number of hydrogen-bond donors (Lipinski definition) is 2. The van der Waals surface area contributed by atoms with Crippen molar-refractivity contribution in [3.8, 4) is 0 Å². The molecule has 1 aliphatic carbocycles. The molecule has 1 fully saturated rings. The molecule has 1 aliphatic rings. The molecule has 0 aliphatic heterocycles. The van der Waals surface area contributed by atoms with Gasteiger partial charge in [0.25, 0.3) is 0 Å². The molecule has 0 saturated heterocycles. The van der Waals surface area contributed by atoms with E-state index in [1.807, 2.05) is 0 Å². The summed E-state index contributed by atoms with van der Waals surface area (Å²) in [5, 5.41) is 21.2. The van der Waals surface area contributed by atoms with Crippen LogP contribution in [0.5, 0.6) is 0 Å². The maximum absolute atomic E-state index is 13.6. The van der Waals surface area contributed by atoms with Crippen LogP contribution in [0.2, 0.25) is 0 Å². The number of aliphatic hydroxyl groups is 2. The lowest BCUT2D eigenvalue weighted by molar-refractivity contribution is -0.0375. The maximum atomic E-state index is 13.6. The average Bonchev–Trinajstić information content (AvgIpc) is 2.92. The summed E-state index contributed by atoms with van der Waals surface area (Å²) in [4.78, 5) is 0. The van der Waals surface area contributed by atoms with E-state index in [1.54, 1.807) is 18.2 Å². The van der Waals surface area contributed by atoms with E-state index in [0.29, 0.717) is 5.39 Å². The van der Waals surface area contributed by atoms with Gasteiger partial charge in [0.1, 0.15) is 11.9 Å². The second-order valence-corrected chi connectivity index (χ2v) is 5.64. The van der Waals surface area contributed by atoms with Crippen molar-refractivity contribution in [2.24, 2.45) is 5.92 Å². The van der Waals surface area contributed by atoms with Gasteiger partial charge in [-0.3, -0.25) is 0 Å². The van der Waals surface area contributed by atoms with Gasteiger partial charge in [0.2, 0.25) is 0 Å². The van der Waals surface area contributed by atoms with Gasteiger partial charge in [0, 0.05) is 5.39 Å². The first-order chi connectivity index (χ1) is 9.66. The molecule has 1 aromatic heterocycles. The zero-order chi connectivity index (χ0) is 14.1. The van der Waals surface area contributed by atoms with Crippen molar-refractivity contribution in [3.05, 3.63) is 35.8 Å². The number of benzene rings is 1. The van der Waals surface area contributed by atoms with Gasteiger partial charge in [-0.25, -0.2) is 4.39 Å². The summed E-state index contributed by atoms with van der Waals surface area (Å²) in [6.45, 7) is 0. The number of halogens is 1. The Labute approximate surface area is 117 Å². The van der Waals surface area contributed by atoms with E-state index in [-0.39, 0.29) is 17.3 Å². The van der Waals surface area contributed by atoms with Gasteiger partial charge in [-0.05, 0) is 30.9 Å². The van der Waals surface area contributed by atoms with Crippen LogP contribution in [-0.2, 0) is 0 Å². The highest BCUT2D eigenvalue weighted by atomic mass is 19.1. The van der Waals surface area contributed by atoms with Gasteiger partial charge >= 0.3 is 0 Å². The molecule has 2 N–H and O–H groups in total. The number of furan rings is 1. The van der Waals surface area contributed by atoms with Crippen LogP contribution in [0.1, 0.15) is 44.0 Å². The van der Waals surface area contributed by atoms with Crippen molar-refractivity contribution in [2.45, 2.75) is 44.3 Å². The van der Waals surface area contributed by atoms with E-state index < -0.39 is 18.0 Å². The van der Waals surface area contributed by atoms with Gasteiger partial charge in [0.15, 0.2) is 11.4 Å². The minimum absolute atomic E-state index is 0.0943. The van der Waals surface area contributed by atoms with Crippen molar-refractivity contribution in [1.29, 1.82) is 0 Å². The summed E-state index contributed by atoms with van der Waals surface area (Å²) in [5.41, 5.74) is 0.136. The Morgan fingerprint density at radius 2 is 1.90 bits per heavy atom. The summed E-state index contributed by atoms with van der Waals surface area (Å²) in [7, 11) is 0. The van der Waals surface area contributed by atoms with E-state index in [1.165, 1.54) is 12.5 Å². The molecule has 1 aromatic carbocycles. The van der Waals surface area contributed by atoms with Crippen LogP contribution >= 0.6 is 0 Å². The zero-order valence-electron chi connectivity index (χ0n) is 11.3. The number of aliphatic hydroxyl groups excluding tert-OH is 2. The molecule has 0 bridgehead atoms. The molecule has 1 heterocycles. The minimum atomic E-state index is -1.09. The van der Waals surface area contributed by atoms with E-state index in [2.05, 4.69) is 0 Å². The summed E-state index contributed by atoms with van der Waals surface area (Å²) in [6, 6.07) is 6.25. The average molecular weight is 278 g/mol. The fourth-order valence-electron chi connectivity index (χ4n) is 3.09. The van der Waals surface area contributed by atoms with Crippen molar-refractivity contribution in [1.82, 2.24) is 0 Å². The molecule has 1 saturated carbocycles. The lowest BCUT2D eigenvalue weighted by Gasteiger charge is -2.28. The molecule has 3 rings (SSSR count). The standard InChI is InChI=1S/C16H19FO3/c17-12-8-4-7-11-9-13(20-16(11)12)15(19)14(18)10-5-2-1-3-6-10/h4,7-10,14-15,18-19H,1-3,5-6H2. The first kappa shape index (κ1) is 13.6. The molecule has 2 atom stereocenters. The number of rotatable bonds is 3. The van der Waals surface area contributed by atoms with E-state index in [4.69, 9.17) is 4.42 Å². The van der Waals surface area contributed by atoms with Gasteiger partial charge in [-0.1, -0.05) is 31.4 Å². The van der Waals surface area contributed by atoms with Crippen LogP contribution < -0.4 is 0 Å². The summed E-state index contributed by atoms with van der Waals surface area (Å²) in [6.07, 6.45) is 3.27. The molecule has 3 nitrogen and oxygen atoms in total. The lowest BCUT2D eigenvalue weighted by atomic mass is 9.83. The molecular formula is C16H19FO3. The molecular weight excluding hydrogens is 259 g/mol. The second kappa shape index (κ2) is 5.54. The van der Waals surface area contributed by atoms with Crippen LogP contribution in [0, 0.1) is 11.7 Å². The Balaban J connectivity index is 1.84. The molecule has 0 amide bonds. The van der Waals surface area contributed by atoms with Crippen LogP contribution in [0.25, 0.3) is 11.0 Å². The first-order valence-corrected chi connectivity index (χ1v) is 7.21. The van der Waals surface area contributed by atoms with Crippen molar-refractivity contribution < 1.29 is 19.0 Å². The molecule has 4 heteroatoms. The Morgan fingerprint density at radius 3 is 2.60 bits per heavy atom. The van der Waals surface area contributed by atoms with Crippen LogP contribution in [0.3, 0.4) is 0 Å². The summed E-state index contributed by atoms with van der Waals surface area (Å²) >= 11 is 0. The third-order valence-corrected chi connectivity index (χ3v) is 4.26. The highest BCUT2D eigenvalue weighted by molar-refractivity contribution is 5.78. The summed E-state index contributed by atoms with van der Waals surface area (Å²) < 4.78 is 19.0. The highest BCUT2D eigenvalue weighted by Crippen LogP contribution is 2.34. The maximum Gasteiger partial charge on any atom is 0.170 e. The fourth-order valence-corrected chi connectivity index (χ4v) is 3.09. The fraction of sp³-hybridized carbons (Fsp3) is 0.500. The third kappa shape index (κ3) is 2.45. The quantitative estimate of drug-likeness (QED) is 0.902. The molecule has 20 heavy (non-hydrogen) atoms. The Morgan fingerprint density at radius 1 is 1.15 bits per heavy atom. The van der Waals surface area contributed by atoms with Gasteiger partial charge in [-0.2, -0.15) is 0 Å². The molecule has 2 aromatic rings. The van der Waals surface area contributed by atoms with E-state index in [9.17, 15) is 14.6 Å². The van der Waals surface area contributed by atoms with Crippen LogP contribution in [0.4, 0.5) is 4.39 Å². The monoisotopic (exact) mass is 278 g/mol. The Kier molecular flexibility index (Phi) is 3.76. The Bertz CT molecular complexity index is 586. The molecule has 108 valence electrons. The van der Waals surface area contributed by atoms with Crippen LogP contribution in [-0.4, -0.2) is 16.3 Å². The van der Waals surface area contributed by atoms with Crippen molar-refractivity contribution in [3.63, 3.8) is 0 Å².